The Balaban J connectivity index is 0.000000360. The Kier molecular flexibility index (Phi) is 4.93. The summed E-state index contributed by atoms with van der Waals surface area (Å²) in [6.07, 6.45) is 0. The van der Waals surface area contributed by atoms with Crippen LogP contribution in [-0.2, 0) is 0 Å². The predicted molar refractivity (Wildman–Crippen MR) is 25.3 cm³/mol. The predicted octanol–water partition coefficient (Wildman–Crippen LogP) is 1.49. The molecule has 0 nitrogen and oxygen atoms in total. The van der Waals surface area contributed by atoms with Crippen molar-refractivity contribution in [2.45, 2.75) is 0 Å². The second kappa shape index (κ2) is 4.62. The van der Waals surface area contributed by atoms with Gasteiger partial charge < -0.3 is 0 Å². The summed E-state index contributed by atoms with van der Waals surface area (Å²) >= 11 is 0. The number of hydrogen-bond acceptors (Lipinski definition) is 0. The van der Waals surface area contributed by atoms with Gasteiger partial charge in [-0.1, -0.05) is 0 Å². The Morgan fingerprint density at radius 1 is 0.857 bits per heavy atom. The normalized spacial score (nSPS) is 6.86. The van der Waals surface area contributed by atoms with E-state index in [-0.39, 0.29) is 37.3 Å². The van der Waals surface area contributed by atoms with Gasteiger partial charge in [-0.15, -0.1) is 0 Å². The molecule has 1 heteroatoms. The number of benzene rings is 1. The molecule has 0 saturated carbocycles. The molecule has 0 unspecified atom stereocenters. The van der Waals surface area contributed by atoms with E-state index >= 15 is 0 Å². The van der Waals surface area contributed by atoms with E-state index in [1.807, 2.05) is 30.3 Å². The fourth-order valence-corrected chi connectivity index (χ4v) is 0.342. The molecule has 0 aromatic heterocycles. The second-order valence-corrected chi connectivity index (χ2v) is 1.08. The SMILES string of the molecule is [Er].[c-]1ccccc1. The third-order valence-electron chi connectivity index (χ3n) is 0.607. The van der Waals surface area contributed by atoms with Gasteiger partial charge in [0.05, 0.1) is 0 Å². The molecule has 7 heavy (non-hydrogen) atoms. The first-order valence-electron chi connectivity index (χ1n) is 1.91. The summed E-state index contributed by atoms with van der Waals surface area (Å²) in [5, 5.41) is 0. The first-order valence-corrected chi connectivity index (χ1v) is 1.91. The van der Waals surface area contributed by atoms with Crippen LogP contribution in [0.15, 0.2) is 30.3 Å². The van der Waals surface area contributed by atoms with Crippen LogP contribution >= 0.6 is 0 Å². The van der Waals surface area contributed by atoms with Crippen LogP contribution in [0.5, 0.6) is 0 Å². The first-order chi connectivity index (χ1) is 3.00. The van der Waals surface area contributed by atoms with Gasteiger partial charge in [-0.05, 0) is 0 Å². The number of rotatable bonds is 0. The van der Waals surface area contributed by atoms with Crippen LogP contribution in [0, 0.1) is 43.4 Å². The molecule has 1 rings (SSSR count). The van der Waals surface area contributed by atoms with E-state index in [9.17, 15) is 0 Å². The maximum Gasteiger partial charge on any atom is 0 e. The molecule has 0 amide bonds. The van der Waals surface area contributed by atoms with E-state index in [0.717, 1.165) is 0 Å². The van der Waals surface area contributed by atoms with Crippen molar-refractivity contribution in [2.24, 2.45) is 0 Å². The quantitative estimate of drug-likeness (QED) is 0.607. The Labute approximate surface area is 73.1 Å². The van der Waals surface area contributed by atoms with Crippen molar-refractivity contribution in [2.75, 3.05) is 0 Å². The fourth-order valence-electron chi connectivity index (χ4n) is 0.342. The molecule has 0 atom stereocenters. The van der Waals surface area contributed by atoms with E-state index in [4.69, 9.17) is 0 Å². The van der Waals surface area contributed by atoms with Crippen LogP contribution in [0.4, 0.5) is 0 Å². The minimum atomic E-state index is 0. The van der Waals surface area contributed by atoms with E-state index in [0.29, 0.717) is 0 Å². The third kappa shape index (κ3) is 3.09. The van der Waals surface area contributed by atoms with E-state index in [1.54, 1.807) is 0 Å². The molecule has 0 N–H and O–H groups in total. The Morgan fingerprint density at radius 2 is 1.43 bits per heavy atom. The minimum Gasteiger partial charge on any atom is -0.184 e. The van der Waals surface area contributed by atoms with Crippen LogP contribution in [0.1, 0.15) is 0 Å². The summed E-state index contributed by atoms with van der Waals surface area (Å²) in [6, 6.07) is 12.5. The summed E-state index contributed by atoms with van der Waals surface area (Å²) in [5.41, 5.74) is 0. The van der Waals surface area contributed by atoms with Gasteiger partial charge in [0.1, 0.15) is 0 Å². The monoisotopic (exact) mass is 243 g/mol. The van der Waals surface area contributed by atoms with Gasteiger partial charge in [-0.2, -0.15) is 36.4 Å². The average molecular weight is 244 g/mol. The first kappa shape index (κ1) is 7.47. The van der Waals surface area contributed by atoms with Crippen molar-refractivity contribution in [3.05, 3.63) is 36.4 Å². The van der Waals surface area contributed by atoms with Crippen LogP contribution < -0.4 is 0 Å². The van der Waals surface area contributed by atoms with Gasteiger partial charge in [0.15, 0.2) is 0 Å². The van der Waals surface area contributed by atoms with Gasteiger partial charge in [-0.25, -0.2) is 0 Å². The Morgan fingerprint density at radius 3 is 1.57 bits per heavy atom. The fraction of sp³-hybridized carbons (Fsp3) is 0. The molecule has 0 aliphatic carbocycles. The van der Waals surface area contributed by atoms with Crippen molar-refractivity contribution in [3.8, 4) is 0 Å². The number of hydrogen-bond donors (Lipinski definition) is 0. The summed E-state index contributed by atoms with van der Waals surface area (Å²) in [4.78, 5) is 0. The van der Waals surface area contributed by atoms with Crippen LogP contribution in [0.2, 0.25) is 0 Å². The summed E-state index contributed by atoms with van der Waals surface area (Å²) < 4.78 is 0. The molecule has 0 bridgehead atoms. The van der Waals surface area contributed by atoms with Gasteiger partial charge in [0.25, 0.3) is 0 Å². The zero-order valence-corrected chi connectivity index (χ0v) is 5.53. The molecule has 0 saturated heterocycles. The molecule has 1 aromatic carbocycles. The Hall–Kier alpha value is 0.467. The van der Waals surface area contributed by atoms with Crippen LogP contribution in [-0.4, -0.2) is 0 Å². The molecular weight excluding hydrogens is 239 g/mol. The van der Waals surface area contributed by atoms with E-state index < -0.39 is 0 Å². The molecular formula is C6H5Er-. The summed E-state index contributed by atoms with van der Waals surface area (Å²) in [5.74, 6) is 0. The molecule has 0 radical (unpaired) electrons. The standard InChI is InChI=1S/C6H5.Er/c1-2-4-6-5-3-1;/h1-5H;/q-1;. The largest absolute Gasteiger partial charge is 0.184 e. The maximum atomic E-state index is 2.89. The third-order valence-corrected chi connectivity index (χ3v) is 0.607. The topological polar surface area (TPSA) is 0 Å². The molecule has 1 aromatic rings. The van der Waals surface area contributed by atoms with Crippen molar-refractivity contribution < 1.29 is 37.3 Å². The van der Waals surface area contributed by atoms with Crippen LogP contribution in [0.25, 0.3) is 0 Å². The average Bonchev–Trinajstić information content (AvgIpc) is 1.72. The molecule has 0 aliphatic rings. The van der Waals surface area contributed by atoms with Gasteiger partial charge in [0.2, 0.25) is 0 Å². The van der Waals surface area contributed by atoms with Gasteiger partial charge in [0, 0.05) is 37.3 Å². The smallest absolute Gasteiger partial charge is 0 e. The van der Waals surface area contributed by atoms with Gasteiger partial charge >= 0.3 is 0 Å². The maximum absolute atomic E-state index is 2.89. The van der Waals surface area contributed by atoms with Gasteiger partial charge in [-0.3, -0.25) is 0 Å². The van der Waals surface area contributed by atoms with Crippen molar-refractivity contribution in [1.29, 1.82) is 0 Å². The summed E-state index contributed by atoms with van der Waals surface area (Å²) in [7, 11) is 0. The zero-order chi connectivity index (χ0) is 4.24. The van der Waals surface area contributed by atoms with Crippen molar-refractivity contribution in [1.82, 2.24) is 0 Å². The minimum absolute atomic E-state index is 0. The van der Waals surface area contributed by atoms with E-state index in [1.165, 1.54) is 0 Å². The van der Waals surface area contributed by atoms with Crippen LogP contribution in [0.3, 0.4) is 0 Å². The molecule has 0 fully saturated rings. The molecule has 42 valence electrons. The molecule has 0 aliphatic heterocycles. The van der Waals surface area contributed by atoms with E-state index in [2.05, 4.69) is 6.07 Å². The molecule has 0 spiro atoms. The molecule has 0 heterocycles. The Bertz CT molecular complexity index is 76.1. The zero-order valence-electron chi connectivity index (χ0n) is 3.68. The van der Waals surface area contributed by atoms with Crippen molar-refractivity contribution >= 4 is 0 Å². The second-order valence-electron chi connectivity index (χ2n) is 1.08. The van der Waals surface area contributed by atoms with Crippen molar-refractivity contribution in [3.63, 3.8) is 0 Å². The summed E-state index contributed by atoms with van der Waals surface area (Å²) in [6.45, 7) is 0.